The van der Waals surface area contributed by atoms with Crippen LogP contribution in [0.5, 0.6) is 5.75 Å². The van der Waals surface area contributed by atoms with Gasteiger partial charge in [0.2, 0.25) is 0 Å². The summed E-state index contributed by atoms with van der Waals surface area (Å²) in [7, 11) is -9.31. The Labute approximate surface area is 181 Å². The van der Waals surface area contributed by atoms with Crippen molar-refractivity contribution in [2.45, 2.75) is 22.8 Å². The number of carbonyl (C=O) groups excluding carboxylic acids is 1. The Balaban J connectivity index is 1.94. The van der Waals surface area contributed by atoms with Gasteiger partial charge in [-0.15, -0.1) is 0 Å². The van der Waals surface area contributed by atoms with Gasteiger partial charge in [-0.3, -0.25) is 13.9 Å². The number of phenols is 1. The molecule has 0 saturated heterocycles. The predicted molar refractivity (Wildman–Crippen MR) is 108 cm³/mol. The fourth-order valence-corrected chi connectivity index (χ4v) is 4.03. The molecule has 31 heavy (non-hydrogen) atoms. The van der Waals surface area contributed by atoms with Crippen LogP contribution in [0.15, 0.2) is 61.5 Å². The Morgan fingerprint density at radius 2 is 1.77 bits per heavy atom. The fraction of sp³-hybridized carbons (Fsp3) is 0.125. The lowest BCUT2D eigenvalue weighted by Gasteiger charge is -2.13. The van der Waals surface area contributed by atoms with Gasteiger partial charge in [0, 0.05) is 5.02 Å². The summed E-state index contributed by atoms with van der Waals surface area (Å²) in [6, 6.07) is 5.43. The monoisotopic (exact) mass is 488 g/mol. The molecule has 164 valence electrons. The third-order valence-corrected chi connectivity index (χ3v) is 5.97. The smallest absolute Gasteiger partial charge is 0.298 e. The molecule has 0 aliphatic carbocycles. The van der Waals surface area contributed by atoms with Gasteiger partial charge < -0.3 is 5.11 Å². The summed E-state index contributed by atoms with van der Waals surface area (Å²) in [4.78, 5) is 11.4. The molecule has 2 aromatic rings. The van der Waals surface area contributed by atoms with E-state index >= 15 is 0 Å². The van der Waals surface area contributed by atoms with Crippen LogP contribution in [0.25, 0.3) is 0 Å². The Bertz CT molecular complexity index is 1360. The predicted octanol–water partition coefficient (Wildman–Crippen LogP) is 2.41. The molecule has 0 radical (unpaired) electrons. The Morgan fingerprint density at radius 3 is 2.39 bits per heavy atom. The van der Waals surface area contributed by atoms with Crippen molar-refractivity contribution >= 4 is 54.8 Å². The topological polar surface area (TPSA) is 186 Å². The standard InChI is InChI=1S/C16H13ClN4O8S2/c1-8-14(19-18-12-5-9(17)6-13(15(12)22)31(27,28)29)16(23)21(20-8)10-3-2-4-11(7-10)30(24,25)26/h2-7,14,22H,1H3,(H,24,25,26)(H,27,28,29). The van der Waals surface area contributed by atoms with E-state index in [0.717, 1.165) is 29.3 Å². The first kappa shape index (κ1) is 22.8. The highest BCUT2D eigenvalue weighted by atomic mass is 35.5. The van der Waals surface area contributed by atoms with E-state index in [0.29, 0.717) is 0 Å². The van der Waals surface area contributed by atoms with Crippen LogP contribution in [0.3, 0.4) is 0 Å². The van der Waals surface area contributed by atoms with Crippen LogP contribution < -0.4 is 5.01 Å². The minimum Gasteiger partial charge on any atom is -0.504 e. The van der Waals surface area contributed by atoms with Gasteiger partial charge in [-0.1, -0.05) is 17.7 Å². The van der Waals surface area contributed by atoms with Crippen molar-refractivity contribution < 1.29 is 35.8 Å². The number of benzene rings is 2. The number of aromatic hydroxyl groups is 1. The van der Waals surface area contributed by atoms with Crippen molar-refractivity contribution in [3.05, 3.63) is 41.4 Å². The first-order chi connectivity index (χ1) is 14.3. The van der Waals surface area contributed by atoms with Crippen LogP contribution in [0, 0.1) is 0 Å². The molecule has 0 saturated carbocycles. The molecule has 0 bridgehead atoms. The first-order valence-electron chi connectivity index (χ1n) is 8.16. The third kappa shape index (κ3) is 4.72. The van der Waals surface area contributed by atoms with Gasteiger partial charge in [-0.2, -0.15) is 37.2 Å². The molecule has 1 aliphatic rings. The van der Waals surface area contributed by atoms with Gasteiger partial charge in [-0.05, 0) is 37.3 Å². The van der Waals surface area contributed by atoms with Gasteiger partial charge in [0.1, 0.15) is 10.6 Å². The van der Waals surface area contributed by atoms with Crippen LogP contribution in [-0.2, 0) is 25.0 Å². The van der Waals surface area contributed by atoms with Crippen molar-refractivity contribution in [2.75, 3.05) is 5.01 Å². The Kier molecular flexibility index (Phi) is 5.86. The summed E-state index contributed by atoms with van der Waals surface area (Å²) >= 11 is 5.78. The minimum absolute atomic E-state index is 0.0384. The summed E-state index contributed by atoms with van der Waals surface area (Å²) in [5, 5.41) is 22.1. The number of azo groups is 1. The second kappa shape index (κ2) is 7.97. The summed E-state index contributed by atoms with van der Waals surface area (Å²) in [5.74, 6) is -1.65. The van der Waals surface area contributed by atoms with Crippen molar-refractivity contribution in [2.24, 2.45) is 15.3 Å². The number of anilines is 1. The van der Waals surface area contributed by atoms with E-state index in [1.54, 1.807) is 0 Å². The largest absolute Gasteiger partial charge is 0.504 e. The molecule has 15 heteroatoms. The molecule has 3 rings (SSSR count). The van der Waals surface area contributed by atoms with Crippen molar-refractivity contribution in [3.63, 3.8) is 0 Å². The molecular weight excluding hydrogens is 476 g/mol. The van der Waals surface area contributed by atoms with Gasteiger partial charge in [0.25, 0.3) is 26.1 Å². The van der Waals surface area contributed by atoms with Crippen LogP contribution in [0.2, 0.25) is 5.02 Å². The van der Waals surface area contributed by atoms with E-state index in [9.17, 15) is 26.7 Å². The first-order valence-corrected chi connectivity index (χ1v) is 11.4. The number of nitrogens with zero attached hydrogens (tertiary/aromatic N) is 4. The zero-order valence-electron chi connectivity index (χ0n) is 15.4. The van der Waals surface area contributed by atoms with Gasteiger partial charge in [0.15, 0.2) is 11.8 Å². The van der Waals surface area contributed by atoms with Crippen molar-refractivity contribution in [1.82, 2.24) is 0 Å². The maximum absolute atomic E-state index is 12.7. The van der Waals surface area contributed by atoms with Crippen LogP contribution in [-0.4, -0.2) is 48.7 Å². The van der Waals surface area contributed by atoms with E-state index in [1.807, 2.05) is 0 Å². The normalized spacial score (nSPS) is 17.4. The molecule has 1 unspecified atom stereocenters. The Hall–Kier alpha value is -2.91. The van der Waals surface area contributed by atoms with Gasteiger partial charge in [-0.25, -0.2) is 0 Å². The van der Waals surface area contributed by atoms with E-state index in [2.05, 4.69) is 15.3 Å². The minimum atomic E-state index is -4.80. The second-order valence-electron chi connectivity index (χ2n) is 6.23. The molecule has 1 aliphatic heterocycles. The third-order valence-electron chi connectivity index (χ3n) is 4.03. The van der Waals surface area contributed by atoms with Crippen LogP contribution >= 0.6 is 11.6 Å². The average molecular weight is 489 g/mol. The van der Waals surface area contributed by atoms with E-state index < -0.39 is 53.4 Å². The Morgan fingerprint density at radius 1 is 1.10 bits per heavy atom. The highest BCUT2D eigenvalue weighted by Crippen LogP contribution is 2.37. The molecule has 0 fully saturated rings. The second-order valence-corrected chi connectivity index (χ2v) is 9.48. The highest BCUT2D eigenvalue weighted by molar-refractivity contribution is 7.86. The molecule has 1 heterocycles. The summed E-state index contributed by atoms with van der Waals surface area (Å²) in [6.07, 6.45) is 0. The maximum Gasteiger partial charge on any atom is 0.298 e. The zero-order chi connectivity index (χ0) is 23.1. The summed E-state index contributed by atoms with van der Waals surface area (Å²) in [5.41, 5.74) is -0.230. The maximum atomic E-state index is 12.7. The van der Waals surface area contributed by atoms with E-state index in [-0.39, 0.29) is 16.4 Å². The van der Waals surface area contributed by atoms with Gasteiger partial charge >= 0.3 is 0 Å². The van der Waals surface area contributed by atoms with Crippen LogP contribution in [0.1, 0.15) is 6.92 Å². The molecule has 1 atom stereocenters. The molecule has 1 amide bonds. The SMILES string of the molecule is CC1=NN(c2cccc(S(=O)(=O)O)c2)C(=O)C1N=Nc1cc(Cl)cc(S(=O)(=O)O)c1O. The van der Waals surface area contributed by atoms with Crippen molar-refractivity contribution in [1.29, 1.82) is 0 Å². The summed E-state index contributed by atoms with van der Waals surface area (Å²) < 4.78 is 63.7. The highest BCUT2D eigenvalue weighted by Gasteiger charge is 2.35. The van der Waals surface area contributed by atoms with Gasteiger partial charge in [0.05, 0.1) is 16.3 Å². The zero-order valence-corrected chi connectivity index (χ0v) is 17.8. The fourth-order valence-electron chi connectivity index (χ4n) is 2.60. The molecular formula is C16H13ClN4O8S2. The quantitative estimate of drug-likeness (QED) is 0.422. The lowest BCUT2D eigenvalue weighted by atomic mass is 10.2. The number of hydrogen-bond donors (Lipinski definition) is 3. The molecule has 0 spiro atoms. The number of rotatable bonds is 5. The number of phenolic OH excluding ortho intramolecular Hbond substituents is 1. The number of halogens is 1. The number of hydrogen-bond acceptors (Lipinski definition) is 9. The number of carbonyl (C=O) groups is 1. The van der Waals surface area contributed by atoms with E-state index in [1.165, 1.54) is 19.1 Å². The van der Waals surface area contributed by atoms with Crippen molar-refractivity contribution in [3.8, 4) is 5.75 Å². The molecule has 0 aromatic heterocycles. The van der Waals surface area contributed by atoms with E-state index in [4.69, 9.17) is 20.7 Å². The lowest BCUT2D eigenvalue weighted by molar-refractivity contribution is -0.117. The number of hydrazone groups is 1. The molecule has 2 aromatic carbocycles. The average Bonchev–Trinajstić information content (AvgIpc) is 2.94. The lowest BCUT2D eigenvalue weighted by Crippen LogP contribution is -2.29. The molecule has 3 N–H and O–H groups in total. The summed E-state index contributed by atoms with van der Waals surface area (Å²) in [6.45, 7) is 1.44. The van der Waals surface area contributed by atoms with Crippen LogP contribution in [0.4, 0.5) is 11.4 Å². The number of amides is 1. The molecule has 12 nitrogen and oxygen atoms in total.